The van der Waals surface area contributed by atoms with Crippen molar-refractivity contribution in [1.82, 2.24) is 9.88 Å². The number of nitrogens with zero attached hydrogens (tertiary/aromatic N) is 1. The minimum Gasteiger partial charge on any atom is -0.468 e. The van der Waals surface area contributed by atoms with Crippen molar-refractivity contribution in [1.29, 1.82) is 0 Å². The third-order valence-electron chi connectivity index (χ3n) is 6.90. The van der Waals surface area contributed by atoms with Crippen molar-refractivity contribution in [2.75, 3.05) is 20.3 Å². The normalized spacial score (nSPS) is 16.5. The number of halogens is 1. The van der Waals surface area contributed by atoms with E-state index in [1.807, 2.05) is 33.0 Å². The number of aryl methyl sites for hydroxylation is 2. The SMILES string of the molecule is COC(=O)C1(S(=O)(=O)c2ccc([C@@H](C)NC(=O)c3cc4c(Cl)cc(C)cc4n3C)cc2)CCOCC1. The second kappa shape index (κ2) is 9.88. The molecule has 3 aromatic rings. The Morgan fingerprint density at radius 3 is 2.39 bits per heavy atom. The number of carbonyl (C=O) groups excluding carboxylic acids is 2. The maximum Gasteiger partial charge on any atom is 0.327 e. The van der Waals surface area contributed by atoms with Gasteiger partial charge in [-0.15, -0.1) is 0 Å². The van der Waals surface area contributed by atoms with Crippen LogP contribution in [-0.2, 0) is 31.2 Å². The van der Waals surface area contributed by atoms with Gasteiger partial charge in [0.2, 0.25) is 0 Å². The molecular weight excluding hydrogens is 504 g/mol. The van der Waals surface area contributed by atoms with Crippen LogP contribution in [-0.4, -0.2) is 49.9 Å². The lowest BCUT2D eigenvalue weighted by atomic mass is 9.99. The van der Waals surface area contributed by atoms with E-state index in [0.29, 0.717) is 16.3 Å². The Morgan fingerprint density at radius 2 is 1.78 bits per heavy atom. The molecule has 36 heavy (non-hydrogen) atoms. The molecule has 0 radical (unpaired) electrons. The zero-order valence-electron chi connectivity index (χ0n) is 20.6. The Morgan fingerprint density at radius 1 is 1.14 bits per heavy atom. The van der Waals surface area contributed by atoms with Gasteiger partial charge in [-0.1, -0.05) is 23.7 Å². The number of fused-ring (bicyclic) bond motifs is 1. The molecule has 0 bridgehead atoms. The van der Waals surface area contributed by atoms with E-state index in [1.165, 1.54) is 19.2 Å². The fourth-order valence-corrected chi connectivity index (χ4v) is 7.00. The molecule has 1 amide bonds. The topological polar surface area (TPSA) is 104 Å². The number of esters is 1. The highest BCUT2D eigenvalue weighted by Crippen LogP contribution is 2.36. The number of amides is 1. The van der Waals surface area contributed by atoms with Crippen LogP contribution >= 0.6 is 11.6 Å². The third-order valence-corrected chi connectivity index (χ3v) is 9.71. The van der Waals surface area contributed by atoms with Gasteiger partial charge in [0, 0.05) is 38.5 Å². The summed E-state index contributed by atoms with van der Waals surface area (Å²) in [6, 6.07) is 11.4. The lowest BCUT2D eigenvalue weighted by molar-refractivity contribution is -0.146. The van der Waals surface area contributed by atoms with Crippen LogP contribution in [0.15, 0.2) is 47.4 Å². The van der Waals surface area contributed by atoms with Crippen LogP contribution in [0.2, 0.25) is 5.02 Å². The summed E-state index contributed by atoms with van der Waals surface area (Å²) in [4.78, 5) is 25.6. The highest BCUT2D eigenvalue weighted by molar-refractivity contribution is 7.93. The molecule has 10 heteroatoms. The average molecular weight is 533 g/mol. The largest absolute Gasteiger partial charge is 0.468 e. The maximum atomic E-state index is 13.5. The fraction of sp³-hybridized carbons (Fsp3) is 0.385. The summed E-state index contributed by atoms with van der Waals surface area (Å²) in [5, 5.41) is 4.34. The van der Waals surface area contributed by atoms with Gasteiger partial charge in [-0.25, -0.2) is 8.42 Å². The van der Waals surface area contributed by atoms with E-state index in [1.54, 1.807) is 22.8 Å². The average Bonchev–Trinajstić information content (AvgIpc) is 3.20. The van der Waals surface area contributed by atoms with Crippen molar-refractivity contribution in [2.24, 2.45) is 7.05 Å². The van der Waals surface area contributed by atoms with Crippen molar-refractivity contribution in [3.8, 4) is 0 Å². The molecule has 4 rings (SSSR count). The molecule has 0 spiro atoms. The molecule has 0 aliphatic carbocycles. The van der Waals surface area contributed by atoms with E-state index >= 15 is 0 Å². The fourth-order valence-electron chi connectivity index (χ4n) is 4.72. The molecule has 1 N–H and O–H groups in total. The Labute approximate surface area is 215 Å². The predicted molar refractivity (Wildman–Crippen MR) is 137 cm³/mol. The highest BCUT2D eigenvalue weighted by Gasteiger charge is 2.53. The highest BCUT2D eigenvalue weighted by atomic mass is 35.5. The minimum absolute atomic E-state index is 0.0239. The number of hydrogen-bond donors (Lipinski definition) is 1. The Balaban J connectivity index is 1.56. The maximum absolute atomic E-state index is 13.5. The van der Waals surface area contributed by atoms with Crippen LogP contribution in [0.1, 0.15) is 47.4 Å². The van der Waals surface area contributed by atoms with E-state index < -0.39 is 26.6 Å². The summed E-state index contributed by atoms with van der Waals surface area (Å²) < 4.78 is 37.3. The summed E-state index contributed by atoms with van der Waals surface area (Å²) in [6.45, 7) is 4.08. The molecule has 192 valence electrons. The first-order valence-electron chi connectivity index (χ1n) is 11.6. The van der Waals surface area contributed by atoms with E-state index in [-0.39, 0.29) is 36.9 Å². The van der Waals surface area contributed by atoms with E-state index in [0.717, 1.165) is 16.5 Å². The number of sulfone groups is 1. The van der Waals surface area contributed by atoms with Gasteiger partial charge < -0.3 is 19.4 Å². The van der Waals surface area contributed by atoms with Crippen LogP contribution in [0.3, 0.4) is 0 Å². The van der Waals surface area contributed by atoms with Gasteiger partial charge in [-0.05, 0) is 55.3 Å². The summed E-state index contributed by atoms with van der Waals surface area (Å²) in [6.07, 6.45) is 0.0650. The van der Waals surface area contributed by atoms with Gasteiger partial charge in [0.25, 0.3) is 5.91 Å². The predicted octanol–water partition coefficient (Wildman–Crippen LogP) is 4.13. The van der Waals surface area contributed by atoms with E-state index in [9.17, 15) is 18.0 Å². The number of carbonyl (C=O) groups is 2. The number of benzene rings is 2. The molecule has 1 aliphatic rings. The zero-order chi connectivity index (χ0) is 26.3. The van der Waals surface area contributed by atoms with Crippen LogP contribution in [0.4, 0.5) is 0 Å². The molecule has 0 unspecified atom stereocenters. The smallest absolute Gasteiger partial charge is 0.327 e. The lowest BCUT2D eigenvalue weighted by Gasteiger charge is -2.33. The van der Waals surface area contributed by atoms with Crippen LogP contribution < -0.4 is 5.32 Å². The standard InChI is InChI=1S/C26H29ClN2O6S/c1-16-13-21(27)20-15-23(29(3)22(20)14-16)24(30)28-17(2)18-5-7-19(8-6-18)36(32,33)26(25(31)34-4)9-11-35-12-10-26/h5-8,13-15,17H,9-12H2,1-4H3,(H,28,30)/t17-/m1/s1. The van der Waals surface area contributed by atoms with E-state index in [4.69, 9.17) is 21.1 Å². The molecular formula is C26H29ClN2O6S. The van der Waals surface area contributed by atoms with Crippen LogP contribution in [0, 0.1) is 6.92 Å². The molecule has 1 aliphatic heterocycles. The molecule has 0 saturated carbocycles. The summed E-state index contributed by atoms with van der Waals surface area (Å²) >= 11 is 6.37. The molecule has 2 aromatic carbocycles. The molecule has 2 heterocycles. The third kappa shape index (κ3) is 4.40. The van der Waals surface area contributed by atoms with Crippen molar-refractivity contribution < 1.29 is 27.5 Å². The molecule has 1 atom stereocenters. The monoisotopic (exact) mass is 532 g/mol. The first-order valence-corrected chi connectivity index (χ1v) is 13.4. The van der Waals surface area contributed by atoms with E-state index in [2.05, 4.69) is 5.32 Å². The van der Waals surface area contributed by atoms with Crippen molar-refractivity contribution >= 4 is 44.2 Å². The van der Waals surface area contributed by atoms with Gasteiger partial charge in [0.05, 0.1) is 28.6 Å². The minimum atomic E-state index is -4.03. The molecule has 1 fully saturated rings. The van der Waals surface area contributed by atoms with Crippen molar-refractivity contribution in [2.45, 2.75) is 42.4 Å². The number of ether oxygens (including phenoxy) is 2. The van der Waals surface area contributed by atoms with Gasteiger partial charge in [0.15, 0.2) is 14.6 Å². The number of methoxy groups -OCH3 is 1. The van der Waals surface area contributed by atoms with Gasteiger partial charge >= 0.3 is 5.97 Å². The number of aromatic nitrogens is 1. The number of rotatable bonds is 6. The van der Waals surface area contributed by atoms with Crippen molar-refractivity contribution in [3.05, 3.63) is 64.3 Å². The number of hydrogen-bond acceptors (Lipinski definition) is 6. The first kappa shape index (κ1) is 26.2. The summed E-state index contributed by atoms with van der Waals surface area (Å²) in [5.41, 5.74) is 3.04. The summed E-state index contributed by atoms with van der Waals surface area (Å²) in [7, 11) is -1.03. The van der Waals surface area contributed by atoms with Gasteiger partial charge in [0.1, 0.15) is 5.69 Å². The molecule has 1 saturated heterocycles. The molecule has 8 nitrogen and oxygen atoms in total. The Bertz CT molecular complexity index is 1420. The first-order chi connectivity index (χ1) is 17.0. The molecule has 1 aromatic heterocycles. The Kier molecular flexibility index (Phi) is 7.19. The van der Waals surface area contributed by atoms with Crippen molar-refractivity contribution in [3.63, 3.8) is 0 Å². The van der Waals surface area contributed by atoms with Gasteiger partial charge in [-0.2, -0.15) is 0 Å². The Hall–Kier alpha value is -2.88. The second-order valence-electron chi connectivity index (χ2n) is 9.13. The lowest BCUT2D eigenvalue weighted by Crippen LogP contribution is -2.51. The van der Waals surface area contributed by atoms with Crippen LogP contribution in [0.5, 0.6) is 0 Å². The van der Waals surface area contributed by atoms with Crippen LogP contribution in [0.25, 0.3) is 10.9 Å². The zero-order valence-corrected chi connectivity index (χ0v) is 22.2. The number of nitrogens with one attached hydrogen (secondary N) is 1. The summed E-state index contributed by atoms with van der Waals surface area (Å²) in [5.74, 6) is -1.06. The van der Waals surface area contributed by atoms with Gasteiger partial charge in [-0.3, -0.25) is 9.59 Å². The quantitative estimate of drug-likeness (QED) is 0.479. The second-order valence-corrected chi connectivity index (χ2v) is 11.8.